The normalized spacial score (nSPS) is 10.5. The summed E-state index contributed by atoms with van der Waals surface area (Å²) in [6.07, 6.45) is 1.43. The highest BCUT2D eigenvalue weighted by molar-refractivity contribution is 7.16. The van der Waals surface area contributed by atoms with Crippen molar-refractivity contribution in [1.29, 1.82) is 0 Å². The third-order valence-corrected chi connectivity index (χ3v) is 2.90. The number of fused-ring (bicyclic) bond motifs is 1. The molecule has 15 heavy (non-hydrogen) atoms. The Kier molecular flexibility index (Phi) is 2.97. The third kappa shape index (κ3) is 2.33. The quantitative estimate of drug-likeness (QED) is 0.863. The number of aromatic nitrogens is 1. The predicted octanol–water partition coefficient (Wildman–Crippen LogP) is 3.03. The van der Waals surface area contributed by atoms with E-state index in [0.29, 0.717) is 6.42 Å². The van der Waals surface area contributed by atoms with Crippen LogP contribution >= 0.6 is 11.3 Å². The van der Waals surface area contributed by atoms with Gasteiger partial charge in [0.15, 0.2) is 0 Å². The summed E-state index contributed by atoms with van der Waals surface area (Å²) < 4.78 is 1.14. The van der Waals surface area contributed by atoms with Gasteiger partial charge in [0.1, 0.15) is 0 Å². The van der Waals surface area contributed by atoms with Crippen LogP contribution in [0.4, 0.5) is 5.69 Å². The van der Waals surface area contributed by atoms with Gasteiger partial charge in [0, 0.05) is 12.1 Å². The van der Waals surface area contributed by atoms with Crippen LogP contribution in [0.25, 0.3) is 10.2 Å². The van der Waals surface area contributed by atoms with Gasteiger partial charge < -0.3 is 5.32 Å². The van der Waals surface area contributed by atoms with E-state index >= 15 is 0 Å². The van der Waals surface area contributed by atoms with Crippen LogP contribution < -0.4 is 5.32 Å². The lowest BCUT2D eigenvalue weighted by Crippen LogP contribution is -2.10. The number of amides is 1. The Morgan fingerprint density at radius 1 is 1.53 bits per heavy atom. The number of hydrogen-bond acceptors (Lipinski definition) is 3. The summed E-state index contributed by atoms with van der Waals surface area (Å²) in [5.74, 6) is 0.0621. The van der Waals surface area contributed by atoms with Crippen LogP contribution in [0, 0.1) is 0 Å². The fourth-order valence-electron chi connectivity index (χ4n) is 1.39. The van der Waals surface area contributed by atoms with Gasteiger partial charge in [0.2, 0.25) is 5.91 Å². The van der Waals surface area contributed by atoms with E-state index < -0.39 is 0 Å². The lowest BCUT2D eigenvalue weighted by Gasteiger charge is -2.03. The van der Waals surface area contributed by atoms with Gasteiger partial charge in [-0.1, -0.05) is 6.92 Å². The van der Waals surface area contributed by atoms with E-state index in [1.807, 2.05) is 30.6 Å². The van der Waals surface area contributed by atoms with Crippen molar-refractivity contribution < 1.29 is 4.79 Å². The molecule has 0 unspecified atom stereocenters. The molecule has 0 radical (unpaired) electrons. The zero-order chi connectivity index (χ0) is 10.7. The first-order chi connectivity index (χ1) is 7.29. The van der Waals surface area contributed by atoms with Crippen molar-refractivity contribution in [3.63, 3.8) is 0 Å². The van der Waals surface area contributed by atoms with Gasteiger partial charge in [-0.2, -0.15) is 0 Å². The summed E-state index contributed by atoms with van der Waals surface area (Å²) in [5, 5.41) is 2.85. The van der Waals surface area contributed by atoms with E-state index in [1.54, 1.807) is 11.3 Å². The smallest absolute Gasteiger partial charge is 0.224 e. The number of nitrogens with one attached hydrogen (secondary N) is 1. The minimum absolute atomic E-state index is 0.0621. The molecule has 2 aromatic rings. The second-order valence-corrected chi connectivity index (χ2v) is 4.22. The summed E-state index contributed by atoms with van der Waals surface area (Å²) >= 11 is 1.60. The molecule has 2 rings (SSSR count). The summed E-state index contributed by atoms with van der Waals surface area (Å²) in [5.41, 5.74) is 3.57. The minimum atomic E-state index is 0.0621. The topological polar surface area (TPSA) is 42.0 Å². The van der Waals surface area contributed by atoms with Crippen LogP contribution in [0.3, 0.4) is 0 Å². The lowest BCUT2D eigenvalue weighted by atomic mass is 10.2. The second-order valence-electron chi connectivity index (χ2n) is 3.33. The number of carbonyl (C=O) groups is 1. The van der Waals surface area contributed by atoms with Gasteiger partial charge in [-0.15, -0.1) is 11.3 Å². The zero-order valence-corrected chi connectivity index (χ0v) is 9.30. The van der Waals surface area contributed by atoms with Crippen LogP contribution in [-0.4, -0.2) is 10.9 Å². The van der Waals surface area contributed by atoms with Gasteiger partial charge in [0.05, 0.1) is 15.7 Å². The maximum atomic E-state index is 11.4. The summed E-state index contributed by atoms with van der Waals surface area (Å²) in [7, 11) is 0. The molecule has 3 nitrogen and oxygen atoms in total. The number of carbonyl (C=O) groups excluding carboxylic acids is 1. The highest BCUT2D eigenvalue weighted by atomic mass is 32.1. The number of nitrogens with zero attached hydrogens (tertiary/aromatic N) is 1. The molecular formula is C11H12N2OS. The molecule has 1 aromatic heterocycles. The maximum absolute atomic E-state index is 11.4. The fourth-order valence-corrected chi connectivity index (χ4v) is 2.04. The Labute approximate surface area is 92.1 Å². The Bertz CT molecular complexity index is 478. The molecule has 0 aliphatic heterocycles. The number of benzene rings is 1. The predicted molar refractivity (Wildman–Crippen MR) is 63.2 cm³/mol. The van der Waals surface area contributed by atoms with Gasteiger partial charge in [-0.3, -0.25) is 4.79 Å². The molecule has 4 heteroatoms. The molecule has 0 atom stereocenters. The van der Waals surface area contributed by atoms with Crippen molar-refractivity contribution >= 4 is 33.1 Å². The van der Waals surface area contributed by atoms with Gasteiger partial charge >= 0.3 is 0 Å². The first kappa shape index (κ1) is 10.1. The third-order valence-electron chi connectivity index (χ3n) is 2.09. The molecular weight excluding hydrogens is 208 g/mol. The van der Waals surface area contributed by atoms with Crippen LogP contribution in [-0.2, 0) is 4.79 Å². The highest BCUT2D eigenvalue weighted by Gasteiger charge is 2.02. The van der Waals surface area contributed by atoms with Crippen molar-refractivity contribution in [1.82, 2.24) is 4.98 Å². The molecule has 0 aliphatic rings. The van der Waals surface area contributed by atoms with E-state index in [4.69, 9.17) is 0 Å². The van der Waals surface area contributed by atoms with Crippen molar-refractivity contribution in [2.45, 2.75) is 19.8 Å². The average Bonchev–Trinajstić information content (AvgIpc) is 2.65. The van der Waals surface area contributed by atoms with Crippen LogP contribution in [0.2, 0.25) is 0 Å². The van der Waals surface area contributed by atoms with E-state index in [-0.39, 0.29) is 5.91 Å². The number of anilines is 1. The molecule has 0 bridgehead atoms. The molecule has 78 valence electrons. The van der Waals surface area contributed by atoms with Crippen molar-refractivity contribution in [2.75, 3.05) is 5.32 Å². The van der Waals surface area contributed by atoms with Crippen LogP contribution in [0.1, 0.15) is 19.8 Å². The van der Waals surface area contributed by atoms with Gasteiger partial charge in [0.25, 0.3) is 0 Å². The SMILES string of the molecule is CCCC(=O)Nc1ccc2scnc2c1. The average molecular weight is 220 g/mol. The molecule has 0 saturated heterocycles. The molecule has 0 spiro atoms. The molecule has 1 amide bonds. The lowest BCUT2D eigenvalue weighted by molar-refractivity contribution is -0.116. The Morgan fingerprint density at radius 3 is 3.20 bits per heavy atom. The summed E-state index contributed by atoms with van der Waals surface area (Å²) in [6.45, 7) is 1.99. The van der Waals surface area contributed by atoms with Crippen LogP contribution in [0.5, 0.6) is 0 Å². The highest BCUT2D eigenvalue weighted by Crippen LogP contribution is 2.21. The van der Waals surface area contributed by atoms with Crippen molar-refractivity contribution in [2.24, 2.45) is 0 Å². The first-order valence-electron chi connectivity index (χ1n) is 4.92. The van der Waals surface area contributed by atoms with Gasteiger partial charge in [-0.25, -0.2) is 4.98 Å². The second kappa shape index (κ2) is 4.40. The number of hydrogen-bond donors (Lipinski definition) is 1. The number of rotatable bonds is 3. The largest absolute Gasteiger partial charge is 0.326 e. The number of thiazole rings is 1. The Morgan fingerprint density at radius 2 is 2.40 bits per heavy atom. The summed E-state index contributed by atoms with van der Waals surface area (Å²) in [6, 6.07) is 5.79. The van der Waals surface area contributed by atoms with Crippen LogP contribution in [0.15, 0.2) is 23.7 Å². The molecule has 0 fully saturated rings. The van der Waals surface area contributed by atoms with E-state index in [9.17, 15) is 4.79 Å². The van der Waals surface area contributed by atoms with E-state index in [2.05, 4.69) is 10.3 Å². The Balaban J connectivity index is 2.17. The zero-order valence-electron chi connectivity index (χ0n) is 8.49. The molecule has 1 aromatic carbocycles. The Hall–Kier alpha value is -1.42. The minimum Gasteiger partial charge on any atom is -0.326 e. The maximum Gasteiger partial charge on any atom is 0.224 e. The van der Waals surface area contributed by atoms with Crippen molar-refractivity contribution in [3.8, 4) is 0 Å². The van der Waals surface area contributed by atoms with E-state index in [1.165, 1.54) is 0 Å². The monoisotopic (exact) mass is 220 g/mol. The first-order valence-corrected chi connectivity index (χ1v) is 5.80. The molecule has 0 aliphatic carbocycles. The standard InChI is InChI=1S/C11H12N2OS/c1-2-3-11(14)13-8-4-5-10-9(6-8)12-7-15-10/h4-7H,2-3H2,1H3,(H,13,14). The molecule has 1 N–H and O–H groups in total. The van der Waals surface area contributed by atoms with Crippen molar-refractivity contribution in [3.05, 3.63) is 23.7 Å². The summed E-state index contributed by atoms with van der Waals surface area (Å²) in [4.78, 5) is 15.6. The van der Waals surface area contributed by atoms with Gasteiger partial charge in [-0.05, 0) is 24.6 Å². The molecule has 0 saturated carbocycles. The van der Waals surface area contributed by atoms with E-state index in [0.717, 1.165) is 22.3 Å². The molecule has 1 heterocycles. The fraction of sp³-hybridized carbons (Fsp3) is 0.273.